The van der Waals surface area contributed by atoms with E-state index in [0.717, 1.165) is 12.3 Å². The Balaban J connectivity index is 2.42. The summed E-state index contributed by atoms with van der Waals surface area (Å²) in [5.74, 6) is 1.03. The van der Waals surface area contributed by atoms with Crippen LogP contribution in [-0.2, 0) is 12.0 Å². The van der Waals surface area contributed by atoms with Gasteiger partial charge in [0.25, 0.3) is 0 Å². The maximum Gasteiger partial charge on any atom is 0.127 e. The quantitative estimate of drug-likeness (QED) is 0.867. The van der Waals surface area contributed by atoms with Gasteiger partial charge in [-0.25, -0.2) is 0 Å². The molecule has 2 N–H and O–H groups in total. The van der Waals surface area contributed by atoms with Gasteiger partial charge in [-0.2, -0.15) is 0 Å². The number of nitrogens with two attached hydrogens (primary N) is 1. The standard InChI is InChI=1S/C15H24N2O/c1-11(16)15(8-9-15)13-7-5-6-12(10-17(2)3)14(13)18-4/h5-7,11H,8-10,16H2,1-4H3. The van der Waals surface area contributed by atoms with Crippen LogP contribution in [0.1, 0.15) is 30.9 Å². The average molecular weight is 248 g/mol. The number of hydrogen-bond donors (Lipinski definition) is 1. The monoisotopic (exact) mass is 248 g/mol. The lowest BCUT2D eigenvalue weighted by Gasteiger charge is -2.25. The van der Waals surface area contributed by atoms with Gasteiger partial charge in [0.2, 0.25) is 0 Å². The van der Waals surface area contributed by atoms with Gasteiger partial charge in [0, 0.05) is 29.1 Å². The molecule has 1 fully saturated rings. The Labute approximate surface area is 110 Å². The molecule has 3 nitrogen and oxygen atoms in total. The van der Waals surface area contributed by atoms with Crippen molar-refractivity contribution in [3.05, 3.63) is 29.3 Å². The van der Waals surface area contributed by atoms with Crippen molar-refractivity contribution in [2.45, 2.75) is 37.8 Å². The third kappa shape index (κ3) is 2.25. The van der Waals surface area contributed by atoms with Crippen LogP contribution in [0.4, 0.5) is 0 Å². The third-order valence-electron chi connectivity index (χ3n) is 3.98. The highest BCUT2D eigenvalue weighted by Crippen LogP contribution is 2.53. The highest BCUT2D eigenvalue weighted by molar-refractivity contribution is 5.49. The van der Waals surface area contributed by atoms with Crippen molar-refractivity contribution in [2.75, 3.05) is 21.2 Å². The van der Waals surface area contributed by atoms with Gasteiger partial charge < -0.3 is 15.4 Å². The number of nitrogens with zero attached hydrogens (tertiary/aromatic N) is 1. The zero-order valence-corrected chi connectivity index (χ0v) is 11.9. The number of ether oxygens (including phenoxy) is 1. The molecule has 1 aliphatic rings. The molecule has 3 heteroatoms. The largest absolute Gasteiger partial charge is 0.496 e. The van der Waals surface area contributed by atoms with Gasteiger partial charge in [0.1, 0.15) is 5.75 Å². The molecule has 1 aromatic carbocycles. The maximum atomic E-state index is 6.17. The molecule has 0 saturated heterocycles. The lowest BCUT2D eigenvalue weighted by Crippen LogP contribution is -2.32. The highest BCUT2D eigenvalue weighted by atomic mass is 16.5. The van der Waals surface area contributed by atoms with Gasteiger partial charge in [-0.15, -0.1) is 0 Å². The van der Waals surface area contributed by atoms with Gasteiger partial charge >= 0.3 is 0 Å². The third-order valence-corrected chi connectivity index (χ3v) is 3.98. The lowest BCUT2D eigenvalue weighted by atomic mass is 9.87. The minimum atomic E-state index is 0.146. The maximum absolute atomic E-state index is 6.17. The first-order valence-electron chi connectivity index (χ1n) is 6.58. The van der Waals surface area contributed by atoms with E-state index in [2.05, 4.69) is 44.1 Å². The van der Waals surface area contributed by atoms with Gasteiger partial charge in [0.05, 0.1) is 7.11 Å². The fourth-order valence-electron chi connectivity index (χ4n) is 2.79. The summed E-state index contributed by atoms with van der Waals surface area (Å²) in [6.07, 6.45) is 2.35. The van der Waals surface area contributed by atoms with Gasteiger partial charge in [-0.1, -0.05) is 18.2 Å². The van der Waals surface area contributed by atoms with E-state index >= 15 is 0 Å². The molecule has 1 aromatic rings. The molecule has 0 aromatic heterocycles. The fourth-order valence-corrected chi connectivity index (χ4v) is 2.79. The molecule has 1 unspecified atom stereocenters. The van der Waals surface area contributed by atoms with Crippen molar-refractivity contribution in [1.29, 1.82) is 0 Å². The normalized spacial score (nSPS) is 18.8. The number of methoxy groups -OCH3 is 1. The van der Waals surface area contributed by atoms with Crippen molar-refractivity contribution in [3.63, 3.8) is 0 Å². The van der Waals surface area contributed by atoms with E-state index in [1.165, 1.54) is 24.0 Å². The SMILES string of the molecule is COc1c(CN(C)C)cccc1C1(C(C)N)CC1. The van der Waals surface area contributed by atoms with E-state index in [-0.39, 0.29) is 11.5 Å². The molecule has 0 aliphatic heterocycles. The molecule has 0 spiro atoms. The highest BCUT2D eigenvalue weighted by Gasteiger charge is 2.49. The van der Waals surface area contributed by atoms with E-state index in [1.807, 2.05) is 0 Å². The van der Waals surface area contributed by atoms with Crippen LogP contribution in [0.5, 0.6) is 5.75 Å². The zero-order valence-electron chi connectivity index (χ0n) is 11.9. The Hall–Kier alpha value is -1.06. The summed E-state index contributed by atoms with van der Waals surface area (Å²) in [6, 6.07) is 6.62. The summed E-state index contributed by atoms with van der Waals surface area (Å²) in [4.78, 5) is 2.16. The summed E-state index contributed by atoms with van der Waals surface area (Å²) in [5.41, 5.74) is 8.85. The first-order valence-corrected chi connectivity index (χ1v) is 6.58. The number of rotatable bonds is 5. The van der Waals surface area contributed by atoms with Crippen LogP contribution in [0, 0.1) is 0 Å². The zero-order chi connectivity index (χ0) is 13.3. The van der Waals surface area contributed by atoms with E-state index in [4.69, 9.17) is 10.5 Å². The van der Waals surface area contributed by atoms with Crippen LogP contribution in [0.15, 0.2) is 18.2 Å². The summed E-state index contributed by atoms with van der Waals surface area (Å²) in [7, 11) is 5.91. The minimum absolute atomic E-state index is 0.146. The number of benzene rings is 1. The Morgan fingerprint density at radius 1 is 1.39 bits per heavy atom. The Morgan fingerprint density at radius 2 is 2.06 bits per heavy atom. The second-order valence-corrected chi connectivity index (χ2v) is 5.68. The summed E-state index contributed by atoms with van der Waals surface area (Å²) < 4.78 is 5.67. The summed E-state index contributed by atoms with van der Waals surface area (Å²) in [5, 5.41) is 0. The first-order chi connectivity index (χ1) is 8.51. The fraction of sp³-hybridized carbons (Fsp3) is 0.600. The topological polar surface area (TPSA) is 38.5 Å². The Bertz CT molecular complexity index is 423. The van der Waals surface area contributed by atoms with Crippen LogP contribution in [0.2, 0.25) is 0 Å². The van der Waals surface area contributed by atoms with E-state index in [1.54, 1.807) is 7.11 Å². The number of para-hydroxylation sites is 1. The van der Waals surface area contributed by atoms with Gasteiger partial charge in [-0.3, -0.25) is 0 Å². The molecule has 1 saturated carbocycles. The van der Waals surface area contributed by atoms with Gasteiger partial charge in [0.15, 0.2) is 0 Å². The van der Waals surface area contributed by atoms with Crippen LogP contribution >= 0.6 is 0 Å². The van der Waals surface area contributed by atoms with Crippen LogP contribution in [0.25, 0.3) is 0 Å². The Morgan fingerprint density at radius 3 is 2.50 bits per heavy atom. The first kappa shape index (κ1) is 13.4. The average Bonchev–Trinajstić information content (AvgIpc) is 3.09. The second-order valence-electron chi connectivity index (χ2n) is 5.68. The van der Waals surface area contributed by atoms with Crippen molar-refractivity contribution in [3.8, 4) is 5.75 Å². The molecule has 18 heavy (non-hydrogen) atoms. The molecular formula is C15H24N2O. The molecule has 0 amide bonds. The smallest absolute Gasteiger partial charge is 0.127 e. The van der Waals surface area contributed by atoms with Crippen LogP contribution < -0.4 is 10.5 Å². The molecule has 1 aliphatic carbocycles. The van der Waals surface area contributed by atoms with E-state index in [0.29, 0.717) is 0 Å². The molecule has 2 rings (SSSR count). The number of hydrogen-bond acceptors (Lipinski definition) is 3. The summed E-state index contributed by atoms with van der Waals surface area (Å²) in [6.45, 7) is 3.00. The molecule has 0 radical (unpaired) electrons. The van der Waals surface area contributed by atoms with E-state index < -0.39 is 0 Å². The van der Waals surface area contributed by atoms with Crippen molar-refractivity contribution < 1.29 is 4.74 Å². The summed E-state index contributed by atoms with van der Waals surface area (Å²) >= 11 is 0. The lowest BCUT2D eigenvalue weighted by molar-refractivity contribution is 0.364. The Kier molecular flexibility index (Phi) is 3.64. The molecule has 0 bridgehead atoms. The molecule has 100 valence electrons. The van der Waals surface area contributed by atoms with Crippen molar-refractivity contribution in [2.24, 2.45) is 5.73 Å². The van der Waals surface area contributed by atoms with E-state index in [9.17, 15) is 0 Å². The minimum Gasteiger partial charge on any atom is -0.496 e. The predicted molar refractivity (Wildman–Crippen MR) is 74.9 cm³/mol. The van der Waals surface area contributed by atoms with Crippen molar-refractivity contribution in [1.82, 2.24) is 4.90 Å². The predicted octanol–water partition coefficient (Wildman–Crippen LogP) is 2.14. The van der Waals surface area contributed by atoms with Crippen LogP contribution in [0.3, 0.4) is 0 Å². The van der Waals surface area contributed by atoms with Crippen LogP contribution in [-0.4, -0.2) is 32.1 Å². The molecule has 1 atom stereocenters. The molecular weight excluding hydrogens is 224 g/mol. The molecule has 0 heterocycles. The van der Waals surface area contributed by atoms with Crippen molar-refractivity contribution >= 4 is 0 Å². The second kappa shape index (κ2) is 4.90. The van der Waals surface area contributed by atoms with Gasteiger partial charge in [-0.05, 0) is 33.9 Å².